The molecule has 3 N–H and O–H groups in total. The number of hydrogen-bond donors (Lipinski definition) is 2. The fourth-order valence-corrected chi connectivity index (χ4v) is 1.25. The van der Waals surface area contributed by atoms with E-state index >= 15 is 0 Å². The second-order valence-corrected chi connectivity index (χ2v) is 2.74. The molecule has 1 amide bonds. The monoisotopic (exact) mass is 191 g/mol. The number of fused-ring (bicyclic) bond motifs is 1. The van der Waals surface area contributed by atoms with Crippen molar-refractivity contribution in [1.29, 1.82) is 0 Å². The Balaban J connectivity index is 2.88. The number of rotatable bonds is 1. The molecule has 2 heterocycles. The van der Waals surface area contributed by atoms with Gasteiger partial charge in [0.2, 0.25) is 0 Å². The molecule has 2 aromatic heterocycles. The largest absolute Gasteiger partial charge is 0.389 e. The van der Waals surface area contributed by atoms with Gasteiger partial charge in [-0.2, -0.15) is 0 Å². The maximum absolute atomic E-state index is 11.1. The Morgan fingerprint density at radius 2 is 2.36 bits per heavy atom. The van der Waals surface area contributed by atoms with Crippen molar-refractivity contribution in [3.8, 4) is 0 Å². The summed E-state index contributed by atoms with van der Waals surface area (Å²) in [5.41, 5.74) is 6.32. The molecule has 0 spiro atoms. The predicted molar refractivity (Wildman–Crippen MR) is 50.2 cm³/mol. The van der Waals surface area contributed by atoms with Crippen LogP contribution in [0, 0.1) is 0 Å². The van der Waals surface area contributed by atoms with E-state index in [2.05, 4.69) is 5.16 Å². The molecule has 0 aliphatic heterocycles. The molecule has 0 atom stereocenters. The summed E-state index contributed by atoms with van der Waals surface area (Å²) in [6.45, 7) is 0. The summed E-state index contributed by atoms with van der Waals surface area (Å²) in [7, 11) is 0. The number of pyridine rings is 1. The van der Waals surface area contributed by atoms with Crippen LogP contribution in [0.25, 0.3) is 5.52 Å². The van der Waals surface area contributed by atoms with Crippen LogP contribution in [0.5, 0.6) is 0 Å². The van der Waals surface area contributed by atoms with E-state index in [4.69, 9.17) is 10.3 Å². The molecule has 0 aliphatic carbocycles. The van der Waals surface area contributed by atoms with Crippen molar-refractivity contribution < 1.29 is 9.32 Å². The minimum Gasteiger partial charge on any atom is -0.389 e. The van der Waals surface area contributed by atoms with Crippen molar-refractivity contribution in [2.75, 3.05) is 0 Å². The Morgan fingerprint density at radius 1 is 1.50 bits per heavy atom. The lowest BCUT2D eigenvalue weighted by Gasteiger charge is -2.00. The van der Waals surface area contributed by atoms with Crippen LogP contribution < -0.4 is 5.73 Å². The van der Waals surface area contributed by atoms with Crippen LogP contribution in [0.4, 0.5) is 0 Å². The Hall–Kier alpha value is -2.17. The number of hydrogen-bond acceptors (Lipinski definition) is 2. The molecule has 0 radical (unpaired) electrons. The first-order valence-corrected chi connectivity index (χ1v) is 4.04. The van der Waals surface area contributed by atoms with Crippen LogP contribution in [0.15, 0.2) is 41.5 Å². The Kier molecular flexibility index (Phi) is 1.98. The topological polar surface area (TPSA) is 76.4 Å². The Labute approximate surface area is 79.4 Å². The van der Waals surface area contributed by atoms with Crippen molar-refractivity contribution in [3.63, 3.8) is 0 Å². The maximum Gasteiger partial charge on any atom is 0.250 e. The molecule has 0 bridgehead atoms. The lowest BCUT2D eigenvalue weighted by Crippen LogP contribution is -2.12. The van der Waals surface area contributed by atoms with Gasteiger partial charge in [-0.05, 0) is 12.1 Å². The maximum atomic E-state index is 11.1. The van der Waals surface area contributed by atoms with Crippen molar-refractivity contribution in [3.05, 3.63) is 42.5 Å². The van der Waals surface area contributed by atoms with Crippen molar-refractivity contribution in [2.45, 2.75) is 0 Å². The van der Waals surface area contributed by atoms with Crippen LogP contribution in [-0.2, 0) is 0 Å². The number of carbonyl (C=O) groups is 1. The van der Waals surface area contributed by atoms with Crippen LogP contribution in [-0.4, -0.2) is 15.5 Å². The van der Waals surface area contributed by atoms with E-state index < -0.39 is 5.91 Å². The minimum atomic E-state index is -0.470. The lowest BCUT2D eigenvalue weighted by molar-refractivity contribution is 0.100. The number of amides is 1. The van der Waals surface area contributed by atoms with Gasteiger partial charge in [-0.25, -0.2) is 5.16 Å². The SMILES string of the molecule is NC(=O)c1cccn2cco[nH]cc12. The average Bonchev–Trinajstić information content (AvgIpc) is 2.41. The molecule has 5 heteroatoms. The summed E-state index contributed by atoms with van der Waals surface area (Å²) < 4.78 is 6.59. The number of nitrogens with two attached hydrogens (primary N) is 1. The number of H-pyrrole nitrogens is 1. The van der Waals surface area contributed by atoms with E-state index in [1.807, 2.05) is 0 Å². The van der Waals surface area contributed by atoms with Gasteiger partial charge in [0.1, 0.15) is 6.26 Å². The summed E-state index contributed by atoms with van der Waals surface area (Å²) in [5.74, 6) is -0.470. The fraction of sp³-hybridized carbons (Fsp3) is 0. The quantitative estimate of drug-likeness (QED) is 0.707. The van der Waals surface area contributed by atoms with Gasteiger partial charge in [-0.15, -0.1) is 0 Å². The van der Waals surface area contributed by atoms with Crippen LogP contribution >= 0.6 is 0 Å². The first-order valence-electron chi connectivity index (χ1n) is 4.04. The second-order valence-electron chi connectivity index (χ2n) is 2.74. The summed E-state index contributed by atoms with van der Waals surface area (Å²) in [6, 6.07) is 3.40. The van der Waals surface area contributed by atoms with E-state index in [-0.39, 0.29) is 0 Å². The molecule has 14 heavy (non-hydrogen) atoms. The summed E-state index contributed by atoms with van der Waals surface area (Å²) >= 11 is 0. The molecule has 0 unspecified atom stereocenters. The van der Waals surface area contributed by atoms with Gasteiger partial charge in [-0.3, -0.25) is 4.79 Å². The van der Waals surface area contributed by atoms with Gasteiger partial charge in [0.15, 0.2) is 0 Å². The molecule has 0 aromatic carbocycles. The zero-order valence-corrected chi connectivity index (χ0v) is 7.31. The molecular formula is C9H9N3O2. The minimum absolute atomic E-state index is 0.440. The third-order valence-corrected chi connectivity index (χ3v) is 1.88. The smallest absolute Gasteiger partial charge is 0.250 e. The molecule has 5 nitrogen and oxygen atoms in total. The van der Waals surface area contributed by atoms with Crippen LogP contribution in [0.3, 0.4) is 0 Å². The van der Waals surface area contributed by atoms with Crippen molar-refractivity contribution >= 4 is 11.4 Å². The highest BCUT2D eigenvalue weighted by atomic mass is 16.4. The van der Waals surface area contributed by atoms with E-state index in [9.17, 15) is 4.79 Å². The standard InChI is InChI=1S/C9H9N3O2/c10-9(13)7-2-1-3-12-4-5-14-11-6-8(7)12/h1-6,11H,(H2,10,13). The highest BCUT2D eigenvalue weighted by molar-refractivity contribution is 5.99. The summed E-state index contributed by atoms with van der Waals surface area (Å²) in [5, 5.41) is 2.56. The molecule has 0 saturated heterocycles. The van der Waals surface area contributed by atoms with Crippen molar-refractivity contribution in [2.24, 2.45) is 5.73 Å². The number of carbonyl (C=O) groups excluding carboxylic acids is 1. The second kappa shape index (κ2) is 3.29. The molecule has 72 valence electrons. The van der Waals surface area contributed by atoms with Gasteiger partial charge in [0, 0.05) is 12.4 Å². The Bertz CT molecular complexity index is 505. The van der Waals surface area contributed by atoms with Crippen LogP contribution in [0.1, 0.15) is 10.4 Å². The molecule has 0 saturated carbocycles. The van der Waals surface area contributed by atoms with E-state index in [0.717, 1.165) is 0 Å². The normalized spacial score (nSPS) is 10.0. The fourth-order valence-electron chi connectivity index (χ4n) is 1.25. The lowest BCUT2D eigenvalue weighted by atomic mass is 10.2. The number of nitrogens with zero attached hydrogens (tertiary/aromatic N) is 1. The van der Waals surface area contributed by atoms with E-state index in [1.54, 1.807) is 35.1 Å². The van der Waals surface area contributed by atoms with Gasteiger partial charge >= 0.3 is 0 Å². The first-order chi connectivity index (χ1) is 6.79. The highest BCUT2D eigenvalue weighted by Crippen LogP contribution is 2.07. The van der Waals surface area contributed by atoms with Crippen molar-refractivity contribution in [1.82, 2.24) is 9.56 Å². The zero-order chi connectivity index (χ0) is 9.97. The van der Waals surface area contributed by atoms with E-state index in [0.29, 0.717) is 11.1 Å². The third kappa shape index (κ3) is 1.35. The van der Waals surface area contributed by atoms with Crippen LogP contribution in [0.2, 0.25) is 0 Å². The highest BCUT2D eigenvalue weighted by Gasteiger charge is 2.03. The van der Waals surface area contributed by atoms with E-state index in [1.165, 1.54) is 6.26 Å². The van der Waals surface area contributed by atoms with Gasteiger partial charge in [0.25, 0.3) is 5.91 Å². The van der Waals surface area contributed by atoms with Gasteiger partial charge in [0.05, 0.1) is 17.3 Å². The number of aromatic amines is 1. The predicted octanol–water partition coefficient (Wildman–Crippen LogP) is 1.08. The summed E-state index contributed by atoms with van der Waals surface area (Å²) in [6.07, 6.45) is 6.52. The summed E-state index contributed by atoms with van der Waals surface area (Å²) in [4.78, 5) is 11.1. The number of nitrogens with one attached hydrogen (secondary N) is 1. The number of aromatic nitrogens is 2. The average molecular weight is 191 g/mol. The molecule has 0 aliphatic rings. The first kappa shape index (κ1) is 8.43. The molecular weight excluding hydrogens is 182 g/mol. The Morgan fingerprint density at radius 3 is 3.14 bits per heavy atom. The molecule has 2 rings (SSSR count). The molecule has 0 fully saturated rings. The third-order valence-electron chi connectivity index (χ3n) is 1.88. The molecule has 2 aromatic rings. The zero-order valence-electron chi connectivity index (χ0n) is 7.31. The number of primary amides is 1. The van der Waals surface area contributed by atoms with Gasteiger partial charge < -0.3 is 14.7 Å². The van der Waals surface area contributed by atoms with Gasteiger partial charge in [-0.1, -0.05) is 0 Å².